The predicted octanol–water partition coefficient (Wildman–Crippen LogP) is -0.454. The molecule has 0 aliphatic carbocycles. The van der Waals surface area contributed by atoms with Crippen LogP contribution in [-0.4, -0.2) is 20.9 Å². The van der Waals surface area contributed by atoms with Crippen molar-refractivity contribution < 1.29 is 4.79 Å². The van der Waals surface area contributed by atoms with Crippen LogP contribution in [0.5, 0.6) is 0 Å². The van der Waals surface area contributed by atoms with Crippen molar-refractivity contribution in [3.8, 4) is 0 Å². The SMILES string of the molecule is Cn1c(NNC(=O)CCCCl)cc(=O)n(C)c1=O. The van der Waals surface area contributed by atoms with E-state index in [1.54, 1.807) is 0 Å². The summed E-state index contributed by atoms with van der Waals surface area (Å²) in [4.78, 5) is 34.3. The van der Waals surface area contributed by atoms with Gasteiger partial charge in [-0.15, -0.1) is 11.6 Å². The lowest BCUT2D eigenvalue weighted by Crippen LogP contribution is -2.40. The lowest BCUT2D eigenvalue weighted by molar-refractivity contribution is -0.120. The molecule has 0 spiro atoms. The summed E-state index contributed by atoms with van der Waals surface area (Å²) in [6.45, 7) is 0. The molecule has 1 amide bonds. The molecule has 0 aliphatic rings. The van der Waals surface area contributed by atoms with Crippen LogP contribution in [0.15, 0.2) is 15.7 Å². The summed E-state index contributed by atoms with van der Waals surface area (Å²) in [5, 5.41) is 0. The van der Waals surface area contributed by atoms with Crippen molar-refractivity contribution in [2.24, 2.45) is 14.1 Å². The zero-order chi connectivity index (χ0) is 13.7. The number of hydrogen-bond donors (Lipinski definition) is 2. The zero-order valence-electron chi connectivity index (χ0n) is 10.2. The van der Waals surface area contributed by atoms with Gasteiger partial charge in [0.05, 0.1) is 0 Å². The lowest BCUT2D eigenvalue weighted by Gasteiger charge is -2.12. The van der Waals surface area contributed by atoms with E-state index in [-0.39, 0.29) is 18.1 Å². The maximum absolute atomic E-state index is 11.6. The van der Waals surface area contributed by atoms with Crippen LogP contribution in [-0.2, 0) is 18.9 Å². The number of hydrogen-bond acceptors (Lipinski definition) is 4. The van der Waals surface area contributed by atoms with Gasteiger partial charge in [-0.2, -0.15) is 0 Å². The first-order valence-corrected chi connectivity index (χ1v) is 5.88. The van der Waals surface area contributed by atoms with E-state index in [2.05, 4.69) is 10.9 Å². The van der Waals surface area contributed by atoms with Crippen LogP contribution in [0.1, 0.15) is 12.8 Å². The molecule has 0 aromatic carbocycles. The molecule has 0 saturated carbocycles. The van der Waals surface area contributed by atoms with Gasteiger partial charge in [-0.05, 0) is 6.42 Å². The number of hydrazine groups is 1. The van der Waals surface area contributed by atoms with Crippen molar-refractivity contribution in [2.45, 2.75) is 12.8 Å². The summed E-state index contributed by atoms with van der Waals surface area (Å²) in [6, 6.07) is 1.23. The number of alkyl halides is 1. The Kier molecular flexibility index (Phi) is 4.96. The third-order valence-electron chi connectivity index (χ3n) is 2.39. The molecule has 1 aromatic heterocycles. The molecule has 100 valence electrons. The molecule has 7 nitrogen and oxygen atoms in total. The summed E-state index contributed by atoms with van der Waals surface area (Å²) in [5.41, 5.74) is 4.01. The minimum atomic E-state index is -0.472. The molecule has 0 fully saturated rings. The summed E-state index contributed by atoms with van der Waals surface area (Å²) >= 11 is 5.46. The van der Waals surface area contributed by atoms with Crippen molar-refractivity contribution >= 4 is 23.3 Å². The average molecular weight is 275 g/mol. The van der Waals surface area contributed by atoms with Crippen molar-refractivity contribution in [1.29, 1.82) is 0 Å². The molecular weight excluding hydrogens is 260 g/mol. The van der Waals surface area contributed by atoms with Gasteiger partial charge in [0.1, 0.15) is 5.82 Å². The minimum absolute atomic E-state index is 0.224. The Morgan fingerprint density at radius 3 is 2.61 bits per heavy atom. The second-order valence-electron chi connectivity index (χ2n) is 3.73. The van der Waals surface area contributed by atoms with E-state index >= 15 is 0 Å². The second-order valence-corrected chi connectivity index (χ2v) is 4.11. The number of rotatable bonds is 5. The lowest BCUT2D eigenvalue weighted by atomic mass is 10.3. The molecule has 0 bridgehead atoms. The molecule has 0 unspecified atom stereocenters. The van der Waals surface area contributed by atoms with Crippen LogP contribution in [0.3, 0.4) is 0 Å². The summed E-state index contributed by atoms with van der Waals surface area (Å²) in [6.07, 6.45) is 0.833. The fraction of sp³-hybridized carbons (Fsp3) is 0.500. The number of carbonyl (C=O) groups is 1. The van der Waals surface area contributed by atoms with Gasteiger partial charge >= 0.3 is 5.69 Å². The maximum atomic E-state index is 11.6. The Morgan fingerprint density at radius 1 is 1.33 bits per heavy atom. The number of nitrogens with zero attached hydrogens (tertiary/aromatic N) is 2. The van der Waals surface area contributed by atoms with E-state index in [4.69, 9.17) is 11.6 Å². The van der Waals surface area contributed by atoms with E-state index < -0.39 is 11.2 Å². The van der Waals surface area contributed by atoms with Crippen molar-refractivity contribution in [3.05, 3.63) is 26.9 Å². The molecule has 0 atom stereocenters. The first-order chi connectivity index (χ1) is 8.47. The van der Waals surface area contributed by atoms with E-state index in [1.165, 1.54) is 24.7 Å². The first-order valence-electron chi connectivity index (χ1n) is 5.35. The van der Waals surface area contributed by atoms with Crippen LogP contribution >= 0.6 is 11.6 Å². The van der Waals surface area contributed by atoms with E-state index in [1.807, 2.05) is 0 Å². The summed E-state index contributed by atoms with van der Waals surface area (Å²) in [5.74, 6) is 0.365. The second kappa shape index (κ2) is 6.25. The Bertz CT molecular complexity index is 549. The van der Waals surface area contributed by atoms with Gasteiger partial charge in [-0.1, -0.05) is 0 Å². The monoisotopic (exact) mass is 274 g/mol. The van der Waals surface area contributed by atoms with Gasteiger partial charge in [0.15, 0.2) is 0 Å². The number of halogens is 1. The van der Waals surface area contributed by atoms with Crippen LogP contribution in [0.25, 0.3) is 0 Å². The van der Waals surface area contributed by atoms with E-state index in [0.717, 1.165) is 4.57 Å². The highest BCUT2D eigenvalue weighted by atomic mass is 35.5. The summed E-state index contributed by atoms with van der Waals surface area (Å²) < 4.78 is 2.20. The molecular formula is C10H15ClN4O3. The molecule has 1 aromatic rings. The van der Waals surface area contributed by atoms with Gasteiger partial charge in [-0.25, -0.2) is 4.79 Å². The van der Waals surface area contributed by atoms with Gasteiger partial charge in [0.2, 0.25) is 5.91 Å². The number of amides is 1. The first kappa shape index (κ1) is 14.3. The molecule has 1 rings (SSSR count). The largest absolute Gasteiger partial charge is 0.332 e. The Labute approximate surface area is 108 Å². The van der Waals surface area contributed by atoms with Gasteiger partial charge in [0, 0.05) is 32.5 Å². The maximum Gasteiger partial charge on any atom is 0.332 e. The Balaban J connectivity index is 2.78. The van der Waals surface area contributed by atoms with Crippen molar-refractivity contribution in [2.75, 3.05) is 11.3 Å². The topological polar surface area (TPSA) is 85.1 Å². The van der Waals surface area contributed by atoms with E-state index in [0.29, 0.717) is 12.3 Å². The van der Waals surface area contributed by atoms with Gasteiger partial charge in [0.25, 0.3) is 5.56 Å². The normalized spacial score (nSPS) is 10.2. The van der Waals surface area contributed by atoms with Gasteiger partial charge < -0.3 is 0 Å². The average Bonchev–Trinajstić information content (AvgIpc) is 2.36. The third-order valence-corrected chi connectivity index (χ3v) is 2.66. The Morgan fingerprint density at radius 2 is 2.00 bits per heavy atom. The minimum Gasteiger partial charge on any atom is -0.283 e. The van der Waals surface area contributed by atoms with Crippen LogP contribution in [0.2, 0.25) is 0 Å². The smallest absolute Gasteiger partial charge is 0.283 e. The highest BCUT2D eigenvalue weighted by Gasteiger charge is 2.06. The number of aromatic nitrogens is 2. The van der Waals surface area contributed by atoms with Gasteiger partial charge in [-0.3, -0.25) is 29.6 Å². The summed E-state index contributed by atoms with van der Waals surface area (Å²) in [7, 11) is 2.88. The predicted molar refractivity (Wildman–Crippen MR) is 68.6 cm³/mol. The molecule has 2 N–H and O–H groups in total. The molecule has 8 heteroatoms. The standard InChI is InChI=1S/C10H15ClN4O3/c1-14-7(6-9(17)15(2)10(14)18)12-13-8(16)4-3-5-11/h6,12H,3-5H2,1-2H3,(H,13,16). The van der Waals surface area contributed by atoms with Crippen LogP contribution in [0.4, 0.5) is 5.82 Å². The molecule has 18 heavy (non-hydrogen) atoms. The van der Waals surface area contributed by atoms with Crippen LogP contribution < -0.4 is 22.1 Å². The van der Waals surface area contributed by atoms with Crippen molar-refractivity contribution in [1.82, 2.24) is 14.6 Å². The fourth-order valence-corrected chi connectivity index (χ4v) is 1.41. The quantitative estimate of drug-likeness (QED) is 0.562. The third kappa shape index (κ3) is 3.36. The molecule has 1 heterocycles. The molecule has 0 saturated heterocycles. The number of nitrogens with one attached hydrogen (secondary N) is 2. The van der Waals surface area contributed by atoms with E-state index in [9.17, 15) is 14.4 Å². The van der Waals surface area contributed by atoms with Crippen molar-refractivity contribution in [3.63, 3.8) is 0 Å². The molecule has 0 radical (unpaired) electrons. The van der Waals surface area contributed by atoms with Crippen LogP contribution in [0, 0.1) is 0 Å². The fourth-order valence-electron chi connectivity index (χ4n) is 1.28. The highest BCUT2D eigenvalue weighted by Crippen LogP contribution is 1.96. The Hall–Kier alpha value is -1.76. The highest BCUT2D eigenvalue weighted by molar-refractivity contribution is 6.17. The number of carbonyl (C=O) groups excluding carboxylic acids is 1. The molecule has 0 aliphatic heterocycles. The number of anilines is 1. The zero-order valence-corrected chi connectivity index (χ0v) is 11.0.